The van der Waals surface area contributed by atoms with Gasteiger partial charge in [-0.25, -0.2) is 14.8 Å². The first-order valence-electron chi connectivity index (χ1n) is 7.09. The van der Waals surface area contributed by atoms with E-state index in [9.17, 15) is 13.2 Å². The quantitative estimate of drug-likeness (QED) is 0.672. The molecule has 6 nitrogen and oxygen atoms in total. The van der Waals surface area contributed by atoms with E-state index in [2.05, 4.69) is 9.97 Å². The Balaban J connectivity index is 0.000000298. The van der Waals surface area contributed by atoms with Crippen LogP contribution in [0.4, 0.5) is 13.2 Å². The number of pyridine rings is 1. The van der Waals surface area contributed by atoms with Crippen LogP contribution in [0, 0.1) is 6.92 Å². The molecule has 0 aliphatic heterocycles. The van der Waals surface area contributed by atoms with Gasteiger partial charge < -0.3 is 14.4 Å². The second kappa shape index (κ2) is 7.61. The molecule has 0 unspecified atom stereocenters. The highest BCUT2D eigenvalue weighted by Crippen LogP contribution is 2.30. The van der Waals surface area contributed by atoms with Crippen molar-refractivity contribution in [1.29, 1.82) is 0 Å². The highest BCUT2D eigenvalue weighted by Gasteiger charge is 2.38. The van der Waals surface area contributed by atoms with Crippen LogP contribution < -0.4 is 4.74 Å². The molecule has 0 aliphatic rings. The van der Waals surface area contributed by atoms with E-state index in [-0.39, 0.29) is 0 Å². The van der Waals surface area contributed by atoms with Gasteiger partial charge in [0.2, 0.25) is 0 Å². The highest BCUT2D eigenvalue weighted by atomic mass is 35.5. The molecule has 26 heavy (non-hydrogen) atoms. The molecule has 0 bridgehead atoms. The summed E-state index contributed by atoms with van der Waals surface area (Å²) in [5.41, 5.74) is 1.70. The van der Waals surface area contributed by atoms with Crippen molar-refractivity contribution < 1.29 is 27.8 Å². The van der Waals surface area contributed by atoms with Crippen molar-refractivity contribution in [3.8, 4) is 11.4 Å². The molecule has 0 radical (unpaired) electrons. The molecule has 0 fully saturated rings. The number of rotatable bonds is 2. The van der Waals surface area contributed by atoms with Crippen molar-refractivity contribution in [3.63, 3.8) is 0 Å². The summed E-state index contributed by atoms with van der Waals surface area (Å²) in [5.74, 6) is -1.15. The third kappa shape index (κ3) is 4.23. The van der Waals surface area contributed by atoms with Crippen LogP contribution in [-0.2, 0) is 4.79 Å². The van der Waals surface area contributed by atoms with Crippen LogP contribution in [0.3, 0.4) is 0 Å². The average Bonchev–Trinajstić information content (AvgIpc) is 2.99. The molecule has 1 aromatic carbocycles. The lowest BCUT2D eigenvalue weighted by Gasteiger charge is -2.11. The summed E-state index contributed by atoms with van der Waals surface area (Å²) in [6, 6.07) is 7.64. The van der Waals surface area contributed by atoms with Gasteiger partial charge in [-0.3, -0.25) is 0 Å². The van der Waals surface area contributed by atoms with E-state index in [4.69, 9.17) is 26.2 Å². The van der Waals surface area contributed by atoms with E-state index in [0.29, 0.717) is 10.9 Å². The number of halogens is 4. The Kier molecular flexibility index (Phi) is 5.71. The number of alkyl halides is 3. The standard InChI is InChI=1S/C14H12ClN3O.C2HF3O2/c1-9-16-6-7-18(9)11-8-13(15)17-14-10(11)4-3-5-12(14)19-2;3-2(4,5)1(6)7/h3-8H,1-2H3;(H,6,7). The number of carboxylic acid groups (broad SMARTS) is 1. The zero-order valence-electron chi connectivity index (χ0n) is 13.6. The fraction of sp³-hybridized carbons (Fsp3) is 0.188. The lowest BCUT2D eigenvalue weighted by Crippen LogP contribution is -2.21. The number of methoxy groups -OCH3 is 1. The van der Waals surface area contributed by atoms with Gasteiger partial charge in [-0.2, -0.15) is 13.2 Å². The predicted molar refractivity (Wildman–Crippen MR) is 88.9 cm³/mol. The molecule has 2 aromatic heterocycles. The third-order valence-electron chi connectivity index (χ3n) is 3.30. The molecule has 3 rings (SSSR count). The predicted octanol–water partition coefficient (Wildman–Crippen LogP) is 4.02. The maximum Gasteiger partial charge on any atom is 0.490 e. The van der Waals surface area contributed by atoms with Gasteiger partial charge in [-0.05, 0) is 13.0 Å². The number of aromatic nitrogens is 3. The van der Waals surface area contributed by atoms with Crippen molar-refractivity contribution in [2.45, 2.75) is 13.1 Å². The van der Waals surface area contributed by atoms with E-state index in [1.807, 2.05) is 42.0 Å². The van der Waals surface area contributed by atoms with Crippen LogP contribution >= 0.6 is 11.6 Å². The lowest BCUT2D eigenvalue weighted by atomic mass is 10.1. The summed E-state index contributed by atoms with van der Waals surface area (Å²) in [5, 5.41) is 8.53. The largest absolute Gasteiger partial charge is 0.494 e. The zero-order chi connectivity index (χ0) is 19.5. The first-order valence-corrected chi connectivity index (χ1v) is 7.46. The number of hydrogen-bond donors (Lipinski definition) is 1. The van der Waals surface area contributed by atoms with Crippen molar-refractivity contribution in [1.82, 2.24) is 14.5 Å². The fourth-order valence-corrected chi connectivity index (χ4v) is 2.36. The topological polar surface area (TPSA) is 77.2 Å². The number of aryl methyl sites for hydroxylation is 1. The van der Waals surface area contributed by atoms with Gasteiger partial charge >= 0.3 is 12.1 Å². The van der Waals surface area contributed by atoms with Crippen molar-refractivity contribution in [2.75, 3.05) is 7.11 Å². The number of imidazole rings is 1. The molecule has 138 valence electrons. The second-order valence-corrected chi connectivity index (χ2v) is 5.36. The summed E-state index contributed by atoms with van der Waals surface area (Å²) in [7, 11) is 1.62. The monoisotopic (exact) mass is 387 g/mol. The maximum atomic E-state index is 10.6. The second-order valence-electron chi connectivity index (χ2n) is 4.97. The zero-order valence-corrected chi connectivity index (χ0v) is 14.3. The van der Waals surface area contributed by atoms with Gasteiger partial charge in [0.05, 0.1) is 12.8 Å². The number of fused-ring (bicyclic) bond motifs is 1. The Morgan fingerprint density at radius 1 is 1.35 bits per heavy atom. The van der Waals surface area contributed by atoms with Gasteiger partial charge in [0.1, 0.15) is 22.2 Å². The van der Waals surface area contributed by atoms with Crippen molar-refractivity contribution >= 4 is 28.5 Å². The number of nitrogens with zero attached hydrogens (tertiary/aromatic N) is 3. The average molecular weight is 388 g/mol. The Morgan fingerprint density at radius 2 is 2.00 bits per heavy atom. The lowest BCUT2D eigenvalue weighted by molar-refractivity contribution is -0.192. The van der Waals surface area contributed by atoms with E-state index in [0.717, 1.165) is 22.4 Å². The molecule has 2 heterocycles. The van der Waals surface area contributed by atoms with Crippen LogP contribution in [0.2, 0.25) is 5.15 Å². The number of carboxylic acids is 1. The van der Waals surface area contributed by atoms with Gasteiger partial charge in [0, 0.05) is 23.8 Å². The van der Waals surface area contributed by atoms with E-state index in [1.54, 1.807) is 13.3 Å². The number of para-hydroxylation sites is 1. The van der Waals surface area contributed by atoms with Crippen LogP contribution in [0.25, 0.3) is 16.6 Å². The Bertz CT molecular complexity index is 941. The first-order chi connectivity index (χ1) is 12.1. The summed E-state index contributed by atoms with van der Waals surface area (Å²) >= 11 is 6.12. The van der Waals surface area contributed by atoms with Crippen molar-refractivity contribution in [3.05, 3.63) is 47.6 Å². The highest BCUT2D eigenvalue weighted by molar-refractivity contribution is 6.30. The number of carbonyl (C=O) groups is 1. The number of hydrogen-bond acceptors (Lipinski definition) is 4. The molecule has 10 heteroatoms. The smallest absolute Gasteiger partial charge is 0.490 e. The van der Waals surface area contributed by atoms with Gasteiger partial charge in [0.25, 0.3) is 0 Å². The molecule has 0 amide bonds. The summed E-state index contributed by atoms with van der Waals surface area (Å²) < 4.78 is 39.1. The SMILES string of the molecule is COc1cccc2c(-n3ccnc3C)cc(Cl)nc12.O=C(O)C(F)(F)F. The number of ether oxygens (including phenoxy) is 1. The minimum Gasteiger partial charge on any atom is -0.494 e. The molecular formula is C16H13ClF3N3O3. The summed E-state index contributed by atoms with van der Waals surface area (Å²) in [6.07, 6.45) is -1.42. The molecular weight excluding hydrogens is 375 g/mol. The summed E-state index contributed by atoms with van der Waals surface area (Å²) in [4.78, 5) is 17.5. The maximum absolute atomic E-state index is 10.6. The number of benzene rings is 1. The molecule has 0 aliphatic carbocycles. The fourth-order valence-electron chi connectivity index (χ4n) is 2.17. The Labute approximate surface area is 150 Å². The van der Waals surface area contributed by atoms with Crippen LogP contribution in [0.1, 0.15) is 5.82 Å². The normalized spacial score (nSPS) is 11.0. The molecule has 3 aromatic rings. The summed E-state index contributed by atoms with van der Waals surface area (Å²) in [6.45, 7) is 1.94. The first kappa shape index (κ1) is 19.5. The molecule has 0 saturated heterocycles. The van der Waals surface area contributed by atoms with E-state index >= 15 is 0 Å². The Hall–Kier alpha value is -2.81. The van der Waals surface area contributed by atoms with Crippen LogP contribution in [-0.4, -0.2) is 38.9 Å². The number of aliphatic carboxylic acids is 1. The molecule has 1 N–H and O–H groups in total. The molecule has 0 saturated carbocycles. The van der Waals surface area contributed by atoms with Crippen LogP contribution in [0.15, 0.2) is 36.7 Å². The van der Waals surface area contributed by atoms with Crippen LogP contribution in [0.5, 0.6) is 5.75 Å². The van der Waals surface area contributed by atoms with E-state index in [1.165, 1.54) is 0 Å². The van der Waals surface area contributed by atoms with Gasteiger partial charge in [-0.15, -0.1) is 0 Å². The minimum atomic E-state index is -5.08. The molecule has 0 atom stereocenters. The minimum absolute atomic E-state index is 0.431. The van der Waals surface area contributed by atoms with E-state index < -0.39 is 12.1 Å². The van der Waals surface area contributed by atoms with Gasteiger partial charge in [-0.1, -0.05) is 23.7 Å². The third-order valence-corrected chi connectivity index (χ3v) is 3.49. The Morgan fingerprint density at radius 3 is 2.50 bits per heavy atom. The molecule has 0 spiro atoms. The van der Waals surface area contributed by atoms with Gasteiger partial charge in [0.15, 0.2) is 0 Å². The van der Waals surface area contributed by atoms with Crippen molar-refractivity contribution in [2.24, 2.45) is 0 Å².